The highest BCUT2D eigenvalue weighted by atomic mass is 16.4. The van der Waals surface area contributed by atoms with E-state index in [-0.39, 0.29) is 5.92 Å². The van der Waals surface area contributed by atoms with Crippen LogP contribution in [0.25, 0.3) is 5.57 Å². The first kappa shape index (κ1) is 15.0. The molecular formula is C18H23N3O. The van der Waals surface area contributed by atoms with Gasteiger partial charge in [0.25, 0.3) is 0 Å². The van der Waals surface area contributed by atoms with E-state index in [4.69, 9.17) is 4.42 Å². The van der Waals surface area contributed by atoms with E-state index in [1.54, 1.807) is 0 Å². The van der Waals surface area contributed by atoms with Crippen molar-refractivity contribution in [2.45, 2.75) is 32.6 Å². The van der Waals surface area contributed by atoms with Gasteiger partial charge in [-0.05, 0) is 50.6 Å². The van der Waals surface area contributed by atoms with E-state index in [1.165, 1.54) is 22.3 Å². The third-order valence-electron chi connectivity index (χ3n) is 4.30. The van der Waals surface area contributed by atoms with Crippen LogP contribution >= 0.6 is 0 Å². The van der Waals surface area contributed by atoms with E-state index >= 15 is 0 Å². The minimum absolute atomic E-state index is 0.141. The third kappa shape index (κ3) is 2.83. The van der Waals surface area contributed by atoms with E-state index in [0.717, 1.165) is 19.4 Å². The van der Waals surface area contributed by atoms with Gasteiger partial charge in [0.15, 0.2) is 0 Å². The number of aryl methyl sites for hydroxylation is 1. The largest absolute Gasteiger partial charge is 0.425 e. The van der Waals surface area contributed by atoms with Gasteiger partial charge in [0, 0.05) is 13.5 Å². The normalized spacial score (nSPS) is 15.5. The Balaban J connectivity index is 1.98. The van der Waals surface area contributed by atoms with E-state index in [2.05, 4.69) is 60.4 Å². The van der Waals surface area contributed by atoms with Crippen molar-refractivity contribution in [2.75, 3.05) is 20.6 Å². The lowest BCUT2D eigenvalue weighted by Gasteiger charge is -2.15. The Morgan fingerprint density at radius 3 is 2.68 bits per heavy atom. The monoisotopic (exact) mass is 297 g/mol. The van der Waals surface area contributed by atoms with Gasteiger partial charge >= 0.3 is 0 Å². The highest BCUT2D eigenvalue weighted by Gasteiger charge is 2.28. The molecule has 1 aromatic heterocycles. The maximum atomic E-state index is 5.68. The van der Waals surface area contributed by atoms with Crippen molar-refractivity contribution >= 4 is 5.57 Å². The molecule has 0 bridgehead atoms. The van der Waals surface area contributed by atoms with Crippen LogP contribution in [0, 0.1) is 6.92 Å². The van der Waals surface area contributed by atoms with Crippen molar-refractivity contribution < 1.29 is 4.42 Å². The lowest BCUT2D eigenvalue weighted by Crippen LogP contribution is -2.14. The number of allylic oxidation sites excluding steroid dienone is 1. The molecule has 0 spiro atoms. The molecule has 22 heavy (non-hydrogen) atoms. The van der Waals surface area contributed by atoms with Crippen molar-refractivity contribution in [3.63, 3.8) is 0 Å². The summed E-state index contributed by atoms with van der Waals surface area (Å²) in [5, 5.41) is 8.22. The van der Waals surface area contributed by atoms with Crippen LogP contribution in [0.4, 0.5) is 0 Å². The smallest absolute Gasteiger partial charge is 0.223 e. The molecule has 1 aromatic carbocycles. The summed E-state index contributed by atoms with van der Waals surface area (Å²) in [6.45, 7) is 5.07. The van der Waals surface area contributed by atoms with Gasteiger partial charge in [-0.15, -0.1) is 10.2 Å². The Hall–Kier alpha value is -1.94. The molecule has 2 aromatic rings. The van der Waals surface area contributed by atoms with Crippen molar-refractivity contribution in [3.8, 4) is 0 Å². The fraction of sp³-hybridized carbons (Fsp3) is 0.444. The van der Waals surface area contributed by atoms with Gasteiger partial charge in [-0.2, -0.15) is 0 Å². The number of rotatable bonds is 5. The summed E-state index contributed by atoms with van der Waals surface area (Å²) in [4.78, 5) is 2.23. The van der Waals surface area contributed by atoms with Crippen molar-refractivity contribution in [2.24, 2.45) is 0 Å². The zero-order chi connectivity index (χ0) is 15.7. The first-order chi connectivity index (χ1) is 10.6. The van der Waals surface area contributed by atoms with Crippen LogP contribution in [0.1, 0.15) is 42.2 Å². The Morgan fingerprint density at radius 1 is 1.23 bits per heavy atom. The summed E-state index contributed by atoms with van der Waals surface area (Å²) in [5.74, 6) is 1.48. The van der Waals surface area contributed by atoms with Gasteiger partial charge in [0.2, 0.25) is 11.8 Å². The number of hydrogen-bond donors (Lipinski definition) is 0. The van der Waals surface area contributed by atoms with E-state index < -0.39 is 0 Å². The molecule has 4 nitrogen and oxygen atoms in total. The number of aromatic nitrogens is 2. The molecule has 0 saturated carbocycles. The SMILES string of the molecule is Cc1nnc(C(C)C2=C(CCN(C)C)Cc3ccccc32)o1. The lowest BCUT2D eigenvalue weighted by molar-refractivity contribution is 0.412. The number of nitrogens with zero attached hydrogens (tertiary/aromatic N) is 3. The predicted octanol–water partition coefficient (Wildman–Crippen LogP) is 3.44. The Bertz CT molecular complexity index is 700. The van der Waals surface area contributed by atoms with Crippen LogP contribution < -0.4 is 0 Å². The van der Waals surface area contributed by atoms with Crippen LogP contribution in [0.3, 0.4) is 0 Å². The summed E-state index contributed by atoms with van der Waals surface area (Å²) >= 11 is 0. The molecule has 0 N–H and O–H groups in total. The van der Waals surface area contributed by atoms with Gasteiger partial charge in [-0.3, -0.25) is 0 Å². The van der Waals surface area contributed by atoms with Crippen molar-refractivity contribution in [1.29, 1.82) is 0 Å². The molecule has 0 fully saturated rings. The maximum absolute atomic E-state index is 5.68. The first-order valence-electron chi connectivity index (χ1n) is 7.81. The van der Waals surface area contributed by atoms with Crippen LogP contribution in [-0.2, 0) is 6.42 Å². The third-order valence-corrected chi connectivity index (χ3v) is 4.30. The Labute approximate surface area is 131 Å². The Morgan fingerprint density at radius 2 is 2.00 bits per heavy atom. The van der Waals surface area contributed by atoms with Gasteiger partial charge in [-0.25, -0.2) is 0 Å². The highest BCUT2D eigenvalue weighted by Crippen LogP contribution is 2.42. The predicted molar refractivity (Wildman–Crippen MR) is 87.7 cm³/mol. The van der Waals surface area contributed by atoms with Gasteiger partial charge in [0.1, 0.15) is 0 Å². The topological polar surface area (TPSA) is 42.2 Å². The molecule has 1 atom stereocenters. The molecule has 116 valence electrons. The van der Waals surface area contributed by atoms with Gasteiger partial charge < -0.3 is 9.32 Å². The molecule has 3 rings (SSSR count). The minimum atomic E-state index is 0.141. The second-order valence-electron chi connectivity index (χ2n) is 6.29. The highest BCUT2D eigenvalue weighted by molar-refractivity contribution is 5.79. The maximum Gasteiger partial charge on any atom is 0.223 e. The van der Waals surface area contributed by atoms with Crippen molar-refractivity contribution in [1.82, 2.24) is 15.1 Å². The molecule has 1 aliphatic rings. The molecule has 0 radical (unpaired) electrons. The second kappa shape index (κ2) is 6.05. The molecule has 0 amide bonds. The lowest BCUT2D eigenvalue weighted by atomic mass is 9.92. The summed E-state index contributed by atoms with van der Waals surface area (Å²) in [6, 6.07) is 8.67. The van der Waals surface area contributed by atoms with Crippen molar-refractivity contribution in [3.05, 3.63) is 52.7 Å². The molecule has 0 saturated heterocycles. The van der Waals surface area contributed by atoms with Crippen LogP contribution in [0.5, 0.6) is 0 Å². The number of fused-ring (bicyclic) bond motifs is 1. The summed E-state index contributed by atoms with van der Waals surface area (Å²) in [7, 11) is 4.24. The fourth-order valence-corrected chi connectivity index (χ4v) is 3.18. The fourth-order valence-electron chi connectivity index (χ4n) is 3.18. The molecule has 1 aliphatic carbocycles. The molecule has 0 aliphatic heterocycles. The van der Waals surface area contributed by atoms with E-state index in [9.17, 15) is 0 Å². The zero-order valence-electron chi connectivity index (χ0n) is 13.8. The average molecular weight is 297 g/mol. The summed E-state index contributed by atoms with van der Waals surface area (Å²) in [5.41, 5.74) is 5.63. The van der Waals surface area contributed by atoms with Crippen LogP contribution in [-0.4, -0.2) is 35.7 Å². The molecule has 1 heterocycles. The zero-order valence-corrected chi connectivity index (χ0v) is 13.8. The number of benzene rings is 1. The molecule has 4 heteroatoms. The molecule has 1 unspecified atom stereocenters. The Kier molecular flexibility index (Phi) is 4.12. The van der Waals surface area contributed by atoms with Crippen LogP contribution in [0.15, 0.2) is 34.3 Å². The van der Waals surface area contributed by atoms with E-state index in [0.29, 0.717) is 11.8 Å². The summed E-state index contributed by atoms with van der Waals surface area (Å²) in [6.07, 6.45) is 2.12. The standard InChI is InChI=1S/C18H23N3O/c1-12(18-20-19-13(2)22-18)17-15(9-10-21(3)4)11-14-7-5-6-8-16(14)17/h5-8,12H,9-11H2,1-4H3. The number of hydrogen-bond acceptors (Lipinski definition) is 4. The van der Waals surface area contributed by atoms with Gasteiger partial charge in [0.05, 0.1) is 5.92 Å². The average Bonchev–Trinajstić information content (AvgIpc) is 3.07. The van der Waals surface area contributed by atoms with E-state index in [1.807, 2.05) is 6.92 Å². The second-order valence-corrected chi connectivity index (χ2v) is 6.29. The summed E-state index contributed by atoms with van der Waals surface area (Å²) < 4.78 is 5.68. The van der Waals surface area contributed by atoms with Gasteiger partial charge in [-0.1, -0.05) is 29.8 Å². The molecular weight excluding hydrogens is 274 g/mol. The first-order valence-corrected chi connectivity index (χ1v) is 7.81. The minimum Gasteiger partial charge on any atom is -0.425 e. The van der Waals surface area contributed by atoms with Crippen LogP contribution in [0.2, 0.25) is 0 Å². The quantitative estimate of drug-likeness (QED) is 0.848.